The third-order valence-electron chi connectivity index (χ3n) is 6.21. The first-order chi connectivity index (χ1) is 16.2. The molecule has 3 unspecified atom stereocenters. The van der Waals surface area contributed by atoms with Gasteiger partial charge in [0.15, 0.2) is 11.3 Å². The summed E-state index contributed by atoms with van der Waals surface area (Å²) in [6.45, 7) is 4.15. The van der Waals surface area contributed by atoms with Crippen molar-refractivity contribution in [2.24, 2.45) is 0 Å². The average Bonchev–Trinajstić information content (AvgIpc) is 3.24. The number of methoxy groups -OCH3 is 1. The van der Waals surface area contributed by atoms with Gasteiger partial charge in [0.25, 0.3) is 0 Å². The lowest BCUT2D eigenvalue weighted by Crippen LogP contribution is -2.54. The van der Waals surface area contributed by atoms with Gasteiger partial charge in [-0.05, 0) is 13.0 Å². The largest absolute Gasteiger partial charge is 0.495 e. The molecule has 182 valence electrons. The molecule has 3 aromatic rings. The molecule has 2 aliphatic rings. The summed E-state index contributed by atoms with van der Waals surface area (Å²) >= 11 is 0. The van der Waals surface area contributed by atoms with E-state index >= 15 is 0 Å². The molecule has 1 fully saturated rings. The second-order valence-electron chi connectivity index (χ2n) is 8.51. The van der Waals surface area contributed by atoms with E-state index in [4.69, 9.17) is 14.2 Å². The SMILES string of the molecule is COc1cc(NC2c3ccc(F)cc3OCC2N2CCOC(C)C2)c2nc(C(F)(F)F)cn2c1. The number of hydrogen-bond acceptors (Lipinski definition) is 6. The van der Waals surface area contributed by atoms with Crippen LogP contribution in [0.1, 0.15) is 24.2 Å². The maximum absolute atomic E-state index is 13.9. The number of ether oxygens (including phenoxy) is 3. The third kappa shape index (κ3) is 4.25. The lowest BCUT2D eigenvalue weighted by Gasteiger charge is -2.44. The van der Waals surface area contributed by atoms with Gasteiger partial charge in [0.05, 0.1) is 43.8 Å². The number of anilines is 1. The van der Waals surface area contributed by atoms with Crippen LogP contribution >= 0.6 is 0 Å². The lowest BCUT2D eigenvalue weighted by atomic mass is 9.94. The summed E-state index contributed by atoms with van der Waals surface area (Å²) in [5.74, 6) is 0.333. The van der Waals surface area contributed by atoms with Crippen LogP contribution in [0.25, 0.3) is 5.65 Å². The molecule has 1 aromatic carbocycles. The van der Waals surface area contributed by atoms with E-state index in [0.717, 1.165) is 6.20 Å². The molecule has 2 aliphatic heterocycles. The Morgan fingerprint density at radius 2 is 2.03 bits per heavy atom. The van der Waals surface area contributed by atoms with Crippen molar-refractivity contribution in [1.82, 2.24) is 14.3 Å². The van der Waals surface area contributed by atoms with E-state index in [0.29, 0.717) is 42.4 Å². The second kappa shape index (κ2) is 8.62. The van der Waals surface area contributed by atoms with Gasteiger partial charge in [0, 0.05) is 37.0 Å². The number of aromatic nitrogens is 2. The highest BCUT2D eigenvalue weighted by Gasteiger charge is 2.38. The van der Waals surface area contributed by atoms with Crippen LogP contribution in [0.5, 0.6) is 11.5 Å². The summed E-state index contributed by atoms with van der Waals surface area (Å²) < 4.78 is 72.2. The van der Waals surface area contributed by atoms with Crippen molar-refractivity contribution < 1.29 is 31.8 Å². The predicted octanol–water partition coefficient (Wildman–Crippen LogP) is 4.14. The molecule has 11 heteroatoms. The number of pyridine rings is 1. The first-order valence-corrected chi connectivity index (χ1v) is 10.9. The molecule has 0 radical (unpaired) electrons. The van der Waals surface area contributed by atoms with E-state index in [1.54, 1.807) is 12.1 Å². The number of nitrogens with zero attached hydrogens (tertiary/aromatic N) is 3. The van der Waals surface area contributed by atoms with E-state index in [1.807, 2.05) is 6.92 Å². The van der Waals surface area contributed by atoms with Gasteiger partial charge in [0.1, 0.15) is 23.9 Å². The minimum atomic E-state index is -4.59. The Morgan fingerprint density at radius 3 is 2.76 bits per heavy atom. The fraction of sp³-hybridized carbons (Fsp3) is 0.435. The number of nitrogens with one attached hydrogen (secondary N) is 1. The van der Waals surface area contributed by atoms with Gasteiger partial charge in [0.2, 0.25) is 0 Å². The summed E-state index contributed by atoms with van der Waals surface area (Å²) in [5.41, 5.74) is 0.179. The number of alkyl halides is 3. The molecule has 4 heterocycles. The predicted molar refractivity (Wildman–Crippen MR) is 116 cm³/mol. The molecule has 1 saturated heterocycles. The van der Waals surface area contributed by atoms with Crippen molar-refractivity contribution in [2.45, 2.75) is 31.3 Å². The minimum Gasteiger partial charge on any atom is -0.495 e. The molecule has 0 amide bonds. The molecule has 0 aliphatic carbocycles. The van der Waals surface area contributed by atoms with Gasteiger partial charge < -0.3 is 23.9 Å². The summed E-state index contributed by atoms with van der Waals surface area (Å²) in [6.07, 6.45) is -2.20. The average molecular weight is 480 g/mol. The van der Waals surface area contributed by atoms with Crippen molar-refractivity contribution in [3.63, 3.8) is 0 Å². The summed E-state index contributed by atoms with van der Waals surface area (Å²) in [5, 5.41) is 3.39. The summed E-state index contributed by atoms with van der Waals surface area (Å²) in [7, 11) is 1.44. The van der Waals surface area contributed by atoms with Crippen LogP contribution in [0.2, 0.25) is 0 Å². The molecular formula is C23H24F4N4O3. The summed E-state index contributed by atoms with van der Waals surface area (Å²) in [6, 6.07) is 5.34. The zero-order valence-corrected chi connectivity index (χ0v) is 18.6. The Morgan fingerprint density at radius 1 is 1.21 bits per heavy atom. The minimum absolute atomic E-state index is 0.0224. The Kier molecular flexibility index (Phi) is 5.76. The fourth-order valence-electron chi connectivity index (χ4n) is 4.60. The fourth-order valence-corrected chi connectivity index (χ4v) is 4.60. The zero-order chi connectivity index (χ0) is 24.0. The number of morpholine rings is 1. The molecule has 0 spiro atoms. The van der Waals surface area contributed by atoms with Crippen LogP contribution in [0.4, 0.5) is 23.2 Å². The molecule has 0 bridgehead atoms. The zero-order valence-electron chi connectivity index (χ0n) is 18.6. The van der Waals surface area contributed by atoms with Crippen molar-refractivity contribution in [3.05, 3.63) is 53.7 Å². The van der Waals surface area contributed by atoms with Crippen LogP contribution in [0.15, 0.2) is 36.7 Å². The normalized spacial score (nSPS) is 23.4. The first kappa shape index (κ1) is 22.7. The molecule has 2 aromatic heterocycles. The molecule has 34 heavy (non-hydrogen) atoms. The molecular weight excluding hydrogens is 456 g/mol. The van der Waals surface area contributed by atoms with E-state index in [9.17, 15) is 17.6 Å². The molecule has 0 saturated carbocycles. The number of hydrogen-bond donors (Lipinski definition) is 1. The lowest BCUT2D eigenvalue weighted by molar-refractivity contribution is -0.140. The van der Waals surface area contributed by atoms with E-state index < -0.39 is 23.7 Å². The quantitative estimate of drug-likeness (QED) is 0.567. The highest BCUT2D eigenvalue weighted by Crippen LogP contribution is 2.39. The van der Waals surface area contributed by atoms with E-state index in [1.165, 1.54) is 29.8 Å². The highest BCUT2D eigenvalue weighted by atomic mass is 19.4. The van der Waals surface area contributed by atoms with Crippen molar-refractivity contribution >= 4 is 11.3 Å². The third-order valence-corrected chi connectivity index (χ3v) is 6.21. The highest BCUT2D eigenvalue weighted by molar-refractivity contribution is 5.71. The smallest absolute Gasteiger partial charge is 0.434 e. The number of imidazole rings is 1. The van der Waals surface area contributed by atoms with Crippen LogP contribution in [-0.4, -0.2) is 59.8 Å². The standard InChI is InChI=1S/C23H24F4N4O3/c1-13-9-30(5-6-33-13)18-12-34-19-7-14(24)3-4-16(19)21(18)28-17-8-15(32-2)10-31-11-20(23(25,26)27)29-22(17)31/h3-4,7-8,10-11,13,18,21,28H,5-6,9,12H2,1-2H3. The monoisotopic (exact) mass is 480 g/mol. The molecule has 1 N–H and O–H groups in total. The van der Waals surface area contributed by atoms with E-state index in [2.05, 4.69) is 15.2 Å². The van der Waals surface area contributed by atoms with Crippen LogP contribution in [0.3, 0.4) is 0 Å². The number of fused-ring (bicyclic) bond motifs is 2. The summed E-state index contributed by atoms with van der Waals surface area (Å²) in [4.78, 5) is 6.06. The van der Waals surface area contributed by atoms with Crippen molar-refractivity contribution in [3.8, 4) is 11.5 Å². The Labute approximate surface area is 193 Å². The van der Waals surface area contributed by atoms with Gasteiger partial charge in [-0.3, -0.25) is 4.90 Å². The topological polar surface area (TPSA) is 60.3 Å². The molecule has 3 atom stereocenters. The van der Waals surface area contributed by atoms with E-state index in [-0.39, 0.29) is 24.4 Å². The van der Waals surface area contributed by atoms with Gasteiger partial charge in [-0.15, -0.1) is 0 Å². The maximum atomic E-state index is 13.9. The van der Waals surface area contributed by atoms with Crippen LogP contribution in [0, 0.1) is 5.82 Å². The molecule has 5 rings (SSSR count). The Balaban J connectivity index is 1.59. The van der Waals surface area contributed by atoms with Crippen molar-refractivity contribution in [2.75, 3.05) is 38.7 Å². The van der Waals surface area contributed by atoms with Gasteiger partial charge >= 0.3 is 6.18 Å². The van der Waals surface area contributed by atoms with Gasteiger partial charge in [-0.2, -0.15) is 13.2 Å². The van der Waals surface area contributed by atoms with Gasteiger partial charge in [-0.25, -0.2) is 9.37 Å². The number of benzene rings is 1. The van der Waals surface area contributed by atoms with Gasteiger partial charge in [-0.1, -0.05) is 6.07 Å². The Bertz CT molecular complexity index is 1200. The second-order valence-corrected chi connectivity index (χ2v) is 8.51. The van der Waals surface area contributed by atoms with Crippen LogP contribution < -0.4 is 14.8 Å². The van der Waals surface area contributed by atoms with Crippen molar-refractivity contribution in [1.29, 1.82) is 0 Å². The Hall–Kier alpha value is -3.05. The number of halogens is 4. The maximum Gasteiger partial charge on any atom is 0.434 e. The van der Waals surface area contributed by atoms with Crippen LogP contribution in [-0.2, 0) is 10.9 Å². The molecule has 7 nitrogen and oxygen atoms in total. The number of rotatable bonds is 4. The first-order valence-electron chi connectivity index (χ1n) is 10.9.